The van der Waals surface area contributed by atoms with Gasteiger partial charge >= 0.3 is 6.03 Å². The van der Waals surface area contributed by atoms with Crippen molar-refractivity contribution in [3.05, 3.63) is 47.8 Å². The minimum atomic E-state index is -0.444. The zero-order chi connectivity index (χ0) is 19.2. The normalized spacial score (nSPS) is 15.4. The lowest BCUT2D eigenvalue weighted by atomic mass is 10.1. The molecule has 1 aromatic carbocycles. The van der Waals surface area contributed by atoms with E-state index in [1.165, 1.54) is 4.90 Å². The van der Waals surface area contributed by atoms with Crippen LogP contribution in [0.5, 0.6) is 0 Å². The van der Waals surface area contributed by atoms with Crippen molar-refractivity contribution in [2.45, 2.75) is 25.7 Å². The Hall–Kier alpha value is -3.26. The number of nitrogens with zero attached hydrogens (tertiary/aromatic N) is 2. The Morgan fingerprint density at radius 2 is 2.07 bits per heavy atom. The first-order chi connectivity index (χ1) is 13.1. The maximum atomic E-state index is 12.5. The van der Waals surface area contributed by atoms with Gasteiger partial charge in [0.05, 0.1) is 5.52 Å². The number of amides is 4. The molecule has 1 aliphatic rings. The minimum Gasteiger partial charge on any atom is -0.303 e. The zero-order valence-electron chi connectivity index (χ0n) is 14.6. The number of carbonyl (C=O) groups is 3. The van der Waals surface area contributed by atoms with E-state index < -0.39 is 11.9 Å². The van der Waals surface area contributed by atoms with Crippen molar-refractivity contribution in [3.63, 3.8) is 0 Å². The van der Waals surface area contributed by atoms with Crippen molar-refractivity contribution in [1.82, 2.24) is 20.7 Å². The quantitative estimate of drug-likeness (QED) is 0.228. The van der Waals surface area contributed by atoms with Gasteiger partial charge in [-0.1, -0.05) is 18.6 Å². The van der Waals surface area contributed by atoms with Crippen LogP contribution < -0.4 is 10.8 Å². The second kappa shape index (κ2) is 8.41. The Morgan fingerprint density at radius 3 is 2.89 bits per heavy atom. The highest BCUT2D eigenvalue weighted by Gasteiger charge is 2.32. The second-order valence-corrected chi connectivity index (χ2v) is 6.25. The molecule has 1 aliphatic heterocycles. The molecule has 1 fully saturated rings. The standard InChI is InChI=1S/C19H20N4O4/c24-17(22-27)6-2-1-3-10-23-18(25)16(21-19(23)26)12-13-7-8-15-14(11-13)5-4-9-20-15/h4-5,7-9,11-12,27H,1-3,6,10H2,(H,21,26)(H,22,24)/b16-12-. The molecular weight excluding hydrogens is 348 g/mol. The first-order valence-corrected chi connectivity index (χ1v) is 8.71. The first kappa shape index (κ1) is 18.5. The molecule has 27 heavy (non-hydrogen) atoms. The Labute approximate surface area is 155 Å². The molecule has 3 N–H and O–H groups in total. The lowest BCUT2D eigenvalue weighted by Crippen LogP contribution is -2.31. The van der Waals surface area contributed by atoms with Crippen molar-refractivity contribution in [1.29, 1.82) is 0 Å². The summed E-state index contributed by atoms with van der Waals surface area (Å²) in [4.78, 5) is 40.9. The summed E-state index contributed by atoms with van der Waals surface area (Å²) in [6, 6.07) is 8.95. The fraction of sp³-hybridized carbons (Fsp3) is 0.263. The van der Waals surface area contributed by atoms with Crippen LogP contribution in [-0.2, 0) is 9.59 Å². The van der Waals surface area contributed by atoms with Crippen LogP contribution in [0.1, 0.15) is 31.2 Å². The highest BCUT2D eigenvalue weighted by molar-refractivity contribution is 6.14. The molecule has 0 unspecified atom stereocenters. The average Bonchev–Trinajstić information content (AvgIpc) is 2.94. The highest BCUT2D eigenvalue weighted by atomic mass is 16.5. The summed E-state index contributed by atoms with van der Waals surface area (Å²) in [5, 5.41) is 12.0. The van der Waals surface area contributed by atoms with Crippen LogP contribution in [0.3, 0.4) is 0 Å². The van der Waals surface area contributed by atoms with E-state index in [-0.39, 0.29) is 24.6 Å². The second-order valence-electron chi connectivity index (χ2n) is 6.25. The number of hydrogen-bond donors (Lipinski definition) is 3. The monoisotopic (exact) mass is 368 g/mol. The van der Waals surface area contributed by atoms with E-state index >= 15 is 0 Å². The van der Waals surface area contributed by atoms with Crippen LogP contribution in [-0.4, -0.2) is 39.5 Å². The zero-order valence-corrected chi connectivity index (χ0v) is 14.6. The fourth-order valence-electron chi connectivity index (χ4n) is 2.91. The molecule has 0 spiro atoms. The number of aromatic nitrogens is 1. The topological polar surface area (TPSA) is 112 Å². The van der Waals surface area contributed by atoms with Gasteiger partial charge in [0.2, 0.25) is 5.91 Å². The summed E-state index contributed by atoms with van der Waals surface area (Å²) < 4.78 is 0. The lowest BCUT2D eigenvalue weighted by Gasteiger charge is -2.11. The van der Waals surface area contributed by atoms with E-state index in [0.717, 1.165) is 16.5 Å². The number of imide groups is 1. The number of fused-ring (bicyclic) bond motifs is 1. The summed E-state index contributed by atoms with van der Waals surface area (Å²) >= 11 is 0. The Morgan fingerprint density at radius 1 is 1.22 bits per heavy atom. The van der Waals surface area contributed by atoms with Gasteiger partial charge in [-0.2, -0.15) is 0 Å². The first-order valence-electron chi connectivity index (χ1n) is 8.71. The third kappa shape index (κ3) is 4.48. The fourth-order valence-corrected chi connectivity index (χ4v) is 2.91. The summed E-state index contributed by atoms with van der Waals surface area (Å²) in [7, 11) is 0. The van der Waals surface area contributed by atoms with E-state index in [4.69, 9.17) is 5.21 Å². The smallest absolute Gasteiger partial charge is 0.303 e. The number of hydrogen-bond acceptors (Lipinski definition) is 5. The van der Waals surface area contributed by atoms with Gasteiger partial charge in [-0.25, -0.2) is 10.3 Å². The largest absolute Gasteiger partial charge is 0.329 e. The van der Waals surface area contributed by atoms with Gasteiger partial charge in [0, 0.05) is 24.5 Å². The van der Waals surface area contributed by atoms with E-state index in [2.05, 4.69) is 10.3 Å². The average molecular weight is 368 g/mol. The third-order valence-electron chi connectivity index (χ3n) is 4.31. The van der Waals surface area contributed by atoms with E-state index in [0.29, 0.717) is 19.3 Å². The summed E-state index contributed by atoms with van der Waals surface area (Å²) in [6.07, 6.45) is 5.41. The lowest BCUT2D eigenvalue weighted by molar-refractivity contribution is -0.129. The van der Waals surface area contributed by atoms with Gasteiger partial charge < -0.3 is 5.32 Å². The molecule has 0 radical (unpaired) electrons. The van der Waals surface area contributed by atoms with Gasteiger partial charge in [0.15, 0.2) is 0 Å². The van der Waals surface area contributed by atoms with Crippen LogP contribution in [0.4, 0.5) is 4.79 Å². The minimum absolute atomic E-state index is 0.207. The molecule has 4 amide bonds. The number of hydroxylamine groups is 1. The predicted octanol–water partition coefficient (Wildman–Crippen LogP) is 2.19. The van der Waals surface area contributed by atoms with Crippen molar-refractivity contribution >= 4 is 34.8 Å². The molecule has 3 rings (SSSR count). The van der Waals surface area contributed by atoms with Crippen molar-refractivity contribution in [3.8, 4) is 0 Å². The van der Waals surface area contributed by atoms with Crippen molar-refractivity contribution in [2.24, 2.45) is 0 Å². The molecule has 140 valence electrons. The molecule has 1 aromatic heterocycles. The van der Waals surface area contributed by atoms with Crippen LogP contribution in [0.25, 0.3) is 17.0 Å². The number of benzene rings is 1. The third-order valence-corrected chi connectivity index (χ3v) is 4.31. The van der Waals surface area contributed by atoms with Gasteiger partial charge in [-0.3, -0.25) is 24.7 Å². The van der Waals surface area contributed by atoms with Crippen molar-refractivity contribution < 1.29 is 19.6 Å². The highest BCUT2D eigenvalue weighted by Crippen LogP contribution is 2.18. The van der Waals surface area contributed by atoms with Gasteiger partial charge in [0.25, 0.3) is 5.91 Å². The van der Waals surface area contributed by atoms with Crippen molar-refractivity contribution in [2.75, 3.05) is 6.54 Å². The SMILES string of the molecule is O=C(CCCCCN1C(=O)N/C(=C\c2ccc3ncccc3c2)C1=O)NO. The predicted molar refractivity (Wildman–Crippen MR) is 98.4 cm³/mol. The molecule has 0 aliphatic carbocycles. The molecule has 8 heteroatoms. The van der Waals surface area contributed by atoms with E-state index in [9.17, 15) is 14.4 Å². The molecule has 0 atom stereocenters. The molecule has 1 saturated heterocycles. The van der Waals surface area contributed by atoms with Gasteiger partial charge in [-0.15, -0.1) is 0 Å². The molecule has 0 bridgehead atoms. The number of pyridine rings is 1. The Bertz CT molecular complexity index is 909. The summed E-state index contributed by atoms with van der Waals surface area (Å²) in [5.41, 5.74) is 3.47. The molecule has 2 heterocycles. The Balaban J connectivity index is 1.61. The van der Waals surface area contributed by atoms with Crippen LogP contribution >= 0.6 is 0 Å². The van der Waals surface area contributed by atoms with E-state index in [1.54, 1.807) is 17.8 Å². The summed E-state index contributed by atoms with van der Waals surface area (Å²) in [5.74, 6) is -0.805. The summed E-state index contributed by atoms with van der Waals surface area (Å²) in [6.45, 7) is 0.282. The molecule has 8 nitrogen and oxygen atoms in total. The Kier molecular flexibility index (Phi) is 5.77. The maximum Gasteiger partial charge on any atom is 0.329 e. The molecular formula is C19H20N4O4. The van der Waals surface area contributed by atoms with Gasteiger partial charge in [0.1, 0.15) is 5.70 Å². The number of carbonyl (C=O) groups excluding carboxylic acids is 3. The van der Waals surface area contributed by atoms with Crippen LogP contribution in [0.2, 0.25) is 0 Å². The molecule has 2 aromatic rings. The van der Waals surface area contributed by atoms with Crippen LogP contribution in [0.15, 0.2) is 42.2 Å². The maximum absolute atomic E-state index is 12.5. The van der Waals surface area contributed by atoms with E-state index in [1.807, 2.05) is 30.3 Å². The number of unbranched alkanes of at least 4 members (excludes halogenated alkanes) is 2. The number of nitrogens with one attached hydrogen (secondary N) is 2. The van der Waals surface area contributed by atoms with Crippen LogP contribution in [0, 0.1) is 0 Å². The van der Waals surface area contributed by atoms with Gasteiger partial charge in [-0.05, 0) is 42.7 Å². The molecule has 0 saturated carbocycles. The number of urea groups is 1. The number of rotatable bonds is 7.